The van der Waals surface area contributed by atoms with Crippen LogP contribution in [0, 0.1) is 11.3 Å². The number of imidazole rings is 1. The van der Waals surface area contributed by atoms with E-state index in [2.05, 4.69) is 11.1 Å². The molecule has 0 aliphatic carbocycles. The lowest BCUT2D eigenvalue weighted by Crippen LogP contribution is -2.15. The van der Waals surface area contributed by atoms with Gasteiger partial charge in [0.15, 0.2) is 16.7 Å². The number of rotatable bonds is 3. The molecule has 98 valence electrons. The molecule has 0 amide bonds. The van der Waals surface area contributed by atoms with E-state index < -0.39 is 0 Å². The Morgan fingerprint density at radius 1 is 1.37 bits per heavy atom. The van der Waals surface area contributed by atoms with Crippen molar-refractivity contribution >= 4 is 22.8 Å². The fourth-order valence-corrected chi connectivity index (χ4v) is 2.85. The van der Waals surface area contributed by atoms with Gasteiger partial charge in [0.25, 0.3) is 0 Å². The smallest absolute Gasteiger partial charge is 0.168 e. The molecular weight excluding hydrogens is 262 g/mol. The zero-order chi connectivity index (χ0) is 13.2. The Balaban J connectivity index is 1.98. The van der Waals surface area contributed by atoms with Gasteiger partial charge in [0, 0.05) is 31.4 Å². The summed E-state index contributed by atoms with van der Waals surface area (Å²) in [7, 11) is 1.97. The molecule has 1 aromatic carbocycles. The molecule has 3 rings (SSSR count). The van der Waals surface area contributed by atoms with Crippen LogP contribution in [-0.4, -0.2) is 28.5 Å². The maximum absolute atomic E-state index is 8.57. The second-order valence-electron chi connectivity index (χ2n) is 4.19. The highest BCUT2D eigenvalue weighted by Gasteiger charge is 2.16. The van der Waals surface area contributed by atoms with Gasteiger partial charge in [-0.15, -0.1) is 0 Å². The maximum Gasteiger partial charge on any atom is 0.168 e. The number of benzene rings is 1. The molecule has 0 N–H and O–H groups in total. The predicted molar refractivity (Wildman–Crippen MR) is 72.7 cm³/mol. The van der Waals surface area contributed by atoms with Crippen molar-refractivity contribution in [3.8, 4) is 17.6 Å². The van der Waals surface area contributed by atoms with Gasteiger partial charge in [0.05, 0.1) is 17.1 Å². The number of nitriles is 1. The number of ether oxygens (including phenoxy) is 2. The third-order valence-corrected chi connectivity index (χ3v) is 3.98. The number of thioether (sulfide) groups is 1. The molecule has 1 aromatic heterocycles. The molecule has 5 nitrogen and oxygen atoms in total. The Hall–Kier alpha value is -1.87. The third-order valence-electron chi connectivity index (χ3n) is 2.95. The summed E-state index contributed by atoms with van der Waals surface area (Å²) in [4.78, 5) is 4.57. The summed E-state index contributed by atoms with van der Waals surface area (Å²) in [6, 6.07) is 6.02. The first-order chi connectivity index (χ1) is 9.29. The van der Waals surface area contributed by atoms with E-state index in [9.17, 15) is 0 Å². The van der Waals surface area contributed by atoms with Crippen molar-refractivity contribution < 1.29 is 9.47 Å². The van der Waals surface area contributed by atoms with Crippen LogP contribution in [-0.2, 0) is 7.05 Å². The van der Waals surface area contributed by atoms with Crippen LogP contribution in [0.4, 0.5) is 0 Å². The summed E-state index contributed by atoms with van der Waals surface area (Å²) in [6.45, 7) is 1.16. The molecule has 0 saturated heterocycles. The van der Waals surface area contributed by atoms with Gasteiger partial charge in [-0.05, 0) is 0 Å². The molecule has 0 unspecified atom stereocenters. The van der Waals surface area contributed by atoms with Gasteiger partial charge < -0.3 is 14.0 Å². The average Bonchev–Trinajstić information content (AvgIpc) is 2.73. The van der Waals surface area contributed by atoms with Gasteiger partial charge in [-0.2, -0.15) is 5.26 Å². The second kappa shape index (κ2) is 5.02. The molecule has 19 heavy (non-hydrogen) atoms. The molecule has 0 bridgehead atoms. The van der Waals surface area contributed by atoms with Crippen molar-refractivity contribution in [2.75, 3.05) is 19.0 Å². The molecule has 0 spiro atoms. The molecule has 6 heteroatoms. The van der Waals surface area contributed by atoms with Gasteiger partial charge in [0.1, 0.15) is 13.2 Å². The van der Waals surface area contributed by atoms with Gasteiger partial charge >= 0.3 is 0 Å². The lowest BCUT2D eigenvalue weighted by molar-refractivity contribution is 0.172. The van der Waals surface area contributed by atoms with Crippen molar-refractivity contribution in [3.63, 3.8) is 0 Å². The first-order valence-electron chi connectivity index (χ1n) is 6.05. The lowest BCUT2D eigenvalue weighted by atomic mass is 10.2. The Bertz CT molecular complexity index is 660. The highest BCUT2D eigenvalue weighted by molar-refractivity contribution is 7.99. The minimum atomic E-state index is 0.524. The van der Waals surface area contributed by atoms with Crippen LogP contribution in [0.1, 0.15) is 6.42 Å². The number of nitrogens with zero attached hydrogens (tertiary/aromatic N) is 3. The van der Waals surface area contributed by atoms with Crippen LogP contribution in [0.25, 0.3) is 11.0 Å². The molecule has 0 atom stereocenters. The minimum Gasteiger partial charge on any atom is -0.486 e. The molecule has 0 saturated carbocycles. The largest absolute Gasteiger partial charge is 0.486 e. The Morgan fingerprint density at radius 3 is 2.84 bits per heavy atom. The number of hydrogen-bond donors (Lipinski definition) is 0. The Morgan fingerprint density at radius 2 is 2.11 bits per heavy atom. The summed E-state index contributed by atoms with van der Waals surface area (Å²) < 4.78 is 13.2. The average molecular weight is 275 g/mol. The van der Waals surface area contributed by atoms with Crippen LogP contribution in [0.15, 0.2) is 17.3 Å². The van der Waals surface area contributed by atoms with E-state index in [-0.39, 0.29) is 0 Å². The van der Waals surface area contributed by atoms with Crippen LogP contribution < -0.4 is 9.47 Å². The van der Waals surface area contributed by atoms with E-state index in [0.29, 0.717) is 19.6 Å². The standard InChI is InChI=1S/C13H13N3O2S/c1-16-10-8-12-11(17-4-5-18-12)7-9(10)15-13(16)19-6-2-3-14/h7-8H,2,4-6H2,1H3. The Kier molecular flexibility index (Phi) is 3.22. The molecular formula is C13H13N3O2S. The first-order valence-corrected chi connectivity index (χ1v) is 7.04. The van der Waals surface area contributed by atoms with Gasteiger partial charge in [-0.1, -0.05) is 11.8 Å². The van der Waals surface area contributed by atoms with Crippen LogP contribution in [0.5, 0.6) is 11.5 Å². The fraction of sp³-hybridized carbons (Fsp3) is 0.385. The molecule has 2 aromatic rings. The van der Waals surface area contributed by atoms with Crippen LogP contribution >= 0.6 is 11.8 Å². The van der Waals surface area contributed by atoms with Crippen LogP contribution in [0.3, 0.4) is 0 Å². The van der Waals surface area contributed by atoms with Crippen molar-refractivity contribution in [1.82, 2.24) is 9.55 Å². The normalized spacial score (nSPS) is 13.5. The van der Waals surface area contributed by atoms with E-state index >= 15 is 0 Å². The van der Waals surface area contributed by atoms with Crippen molar-refractivity contribution in [2.24, 2.45) is 7.05 Å². The van der Waals surface area contributed by atoms with Crippen molar-refractivity contribution in [1.29, 1.82) is 5.26 Å². The summed E-state index contributed by atoms with van der Waals surface area (Å²) >= 11 is 1.59. The number of fused-ring (bicyclic) bond motifs is 2. The molecule has 0 fully saturated rings. The molecule has 1 aliphatic rings. The highest BCUT2D eigenvalue weighted by Crippen LogP contribution is 2.35. The maximum atomic E-state index is 8.57. The van der Waals surface area contributed by atoms with Crippen molar-refractivity contribution in [2.45, 2.75) is 11.6 Å². The van der Waals surface area contributed by atoms with E-state index in [1.807, 2.05) is 23.7 Å². The van der Waals surface area contributed by atoms with Gasteiger partial charge in [0.2, 0.25) is 0 Å². The van der Waals surface area contributed by atoms with Gasteiger partial charge in [-0.25, -0.2) is 4.98 Å². The fourth-order valence-electron chi connectivity index (χ4n) is 2.02. The van der Waals surface area contributed by atoms with E-state index in [1.54, 1.807) is 11.8 Å². The summed E-state index contributed by atoms with van der Waals surface area (Å²) in [6.07, 6.45) is 0.524. The topological polar surface area (TPSA) is 60.1 Å². The number of hydrogen-bond acceptors (Lipinski definition) is 5. The monoisotopic (exact) mass is 275 g/mol. The van der Waals surface area contributed by atoms with E-state index in [1.165, 1.54) is 0 Å². The summed E-state index contributed by atoms with van der Waals surface area (Å²) in [5.41, 5.74) is 1.91. The van der Waals surface area contributed by atoms with E-state index in [4.69, 9.17) is 14.7 Å². The second-order valence-corrected chi connectivity index (χ2v) is 5.26. The third kappa shape index (κ3) is 2.22. The molecule has 1 aliphatic heterocycles. The summed E-state index contributed by atoms with van der Waals surface area (Å²) in [5, 5.41) is 9.48. The quantitative estimate of drug-likeness (QED) is 0.635. The number of aromatic nitrogens is 2. The minimum absolute atomic E-state index is 0.524. The zero-order valence-corrected chi connectivity index (χ0v) is 11.4. The highest BCUT2D eigenvalue weighted by atomic mass is 32.2. The molecule has 2 heterocycles. The van der Waals surface area contributed by atoms with Crippen LogP contribution in [0.2, 0.25) is 0 Å². The Labute approximate surface area is 115 Å². The SMILES string of the molecule is Cn1c(SCCC#N)nc2cc3c(cc21)OCCO3. The molecule has 0 radical (unpaired) electrons. The summed E-state index contributed by atoms with van der Waals surface area (Å²) in [5.74, 6) is 2.28. The van der Waals surface area contributed by atoms with Gasteiger partial charge in [-0.3, -0.25) is 0 Å². The van der Waals surface area contributed by atoms with Crippen molar-refractivity contribution in [3.05, 3.63) is 12.1 Å². The zero-order valence-electron chi connectivity index (χ0n) is 10.5. The predicted octanol–water partition coefficient (Wildman–Crippen LogP) is 2.35. The lowest BCUT2D eigenvalue weighted by Gasteiger charge is -2.18. The first kappa shape index (κ1) is 12.2. The van der Waals surface area contributed by atoms with E-state index in [0.717, 1.165) is 33.4 Å². The number of aryl methyl sites for hydroxylation is 1.